The van der Waals surface area contributed by atoms with Gasteiger partial charge in [0.25, 0.3) is 0 Å². The molecule has 0 spiro atoms. The van der Waals surface area contributed by atoms with Crippen molar-refractivity contribution in [2.45, 2.75) is 20.3 Å². The SMILES string of the molecule is COc1ccc(Cc2cc(C#N)ccc2N2CCN(C[C](C)C)CC2)cc1. The average molecular weight is 362 g/mol. The van der Waals surface area contributed by atoms with Crippen LogP contribution >= 0.6 is 0 Å². The summed E-state index contributed by atoms with van der Waals surface area (Å²) in [7, 11) is 1.68. The number of hydrogen-bond acceptors (Lipinski definition) is 4. The maximum atomic E-state index is 9.33. The van der Waals surface area contributed by atoms with Gasteiger partial charge < -0.3 is 9.64 Å². The molecule has 4 nitrogen and oxygen atoms in total. The second-order valence-corrected chi connectivity index (χ2v) is 7.45. The molecule has 0 bridgehead atoms. The fourth-order valence-corrected chi connectivity index (χ4v) is 3.66. The van der Waals surface area contributed by atoms with Crippen molar-refractivity contribution in [2.24, 2.45) is 0 Å². The summed E-state index contributed by atoms with van der Waals surface area (Å²) in [5, 5.41) is 9.33. The summed E-state index contributed by atoms with van der Waals surface area (Å²) in [6, 6.07) is 16.5. The van der Waals surface area contributed by atoms with Crippen LogP contribution in [-0.4, -0.2) is 44.7 Å². The number of methoxy groups -OCH3 is 1. The van der Waals surface area contributed by atoms with Crippen LogP contribution in [0.2, 0.25) is 0 Å². The first-order valence-electron chi connectivity index (χ1n) is 9.51. The molecule has 0 atom stereocenters. The van der Waals surface area contributed by atoms with Gasteiger partial charge in [0.1, 0.15) is 5.75 Å². The third-order valence-corrected chi connectivity index (χ3v) is 5.02. The minimum absolute atomic E-state index is 0.720. The second-order valence-electron chi connectivity index (χ2n) is 7.45. The average Bonchev–Trinajstić information content (AvgIpc) is 2.69. The highest BCUT2D eigenvalue weighted by Crippen LogP contribution is 2.27. The standard InChI is InChI=1S/C23H28N3O/c1-18(2)17-25-10-12-26(13-11-25)23-9-6-20(16-24)15-21(23)14-19-4-7-22(27-3)8-5-19/h4-9,15H,10-14,17H2,1-3H3. The highest BCUT2D eigenvalue weighted by Gasteiger charge is 2.20. The third-order valence-electron chi connectivity index (χ3n) is 5.02. The lowest BCUT2D eigenvalue weighted by atomic mass is 9.99. The zero-order valence-corrected chi connectivity index (χ0v) is 16.5. The molecule has 1 aliphatic rings. The maximum absolute atomic E-state index is 9.33. The van der Waals surface area contributed by atoms with Gasteiger partial charge >= 0.3 is 0 Å². The molecular formula is C23H28N3O. The van der Waals surface area contributed by atoms with E-state index in [0.717, 1.165) is 50.5 Å². The number of hydrogen-bond donors (Lipinski definition) is 0. The van der Waals surface area contributed by atoms with Crippen molar-refractivity contribution in [3.05, 3.63) is 65.1 Å². The summed E-state index contributed by atoms with van der Waals surface area (Å²) < 4.78 is 5.25. The number of nitriles is 1. The zero-order chi connectivity index (χ0) is 19.2. The van der Waals surface area contributed by atoms with E-state index in [1.165, 1.54) is 22.7 Å². The molecule has 0 saturated carbocycles. The van der Waals surface area contributed by atoms with E-state index in [1.807, 2.05) is 24.3 Å². The number of benzene rings is 2. The van der Waals surface area contributed by atoms with Crippen molar-refractivity contribution >= 4 is 5.69 Å². The Labute approximate surface area is 163 Å². The van der Waals surface area contributed by atoms with E-state index in [-0.39, 0.29) is 0 Å². The first-order chi connectivity index (χ1) is 13.1. The van der Waals surface area contributed by atoms with Crippen molar-refractivity contribution in [3.63, 3.8) is 0 Å². The fraction of sp³-hybridized carbons (Fsp3) is 0.391. The van der Waals surface area contributed by atoms with Crippen LogP contribution in [0.3, 0.4) is 0 Å². The Balaban J connectivity index is 1.78. The van der Waals surface area contributed by atoms with E-state index < -0.39 is 0 Å². The van der Waals surface area contributed by atoms with Gasteiger partial charge in [0.15, 0.2) is 0 Å². The lowest BCUT2D eigenvalue weighted by molar-refractivity contribution is 0.267. The topological polar surface area (TPSA) is 39.5 Å². The molecule has 1 saturated heterocycles. The Bertz CT molecular complexity index is 784. The van der Waals surface area contributed by atoms with Gasteiger partial charge in [0.05, 0.1) is 18.7 Å². The Kier molecular flexibility index (Phi) is 6.36. The Morgan fingerprint density at radius 3 is 2.33 bits per heavy atom. The van der Waals surface area contributed by atoms with E-state index in [9.17, 15) is 5.26 Å². The van der Waals surface area contributed by atoms with Gasteiger partial charge in [-0.1, -0.05) is 26.0 Å². The lowest BCUT2D eigenvalue weighted by Gasteiger charge is -2.37. The van der Waals surface area contributed by atoms with Crippen molar-refractivity contribution < 1.29 is 4.74 Å². The lowest BCUT2D eigenvalue weighted by Crippen LogP contribution is -2.47. The molecule has 1 aliphatic heterocycles. The molecule has 0 unspecified atom stereocenters. The zero-order valence-electron chi connectivity index (χ0n) is 16.5. The Hall–Kier alpha value is -2.51. The molecule has 2 aromatic carbocycles. The van der Waals surface area contributed by atoms with Gasteiger partial charge in [0.2, 0.25) is 0 Å². The van der Waals surface area contributed by atoms with E-state index >= 15 is 0 Å². The molecule has 0 amide bonds. The van der Waals surface area contributed by atoms with Crippen LogP contribution in [0.1, 0.15) is 30.5 Å². The minimum atomic E-state index is 0.720. The summed E-state index contributed by atoms with van der Waals surface area (Å²) in [4.78, 5) is 4.97. The van der Waals surface area contributed by atoms with E-state index in [4.69, 9.17) is 4.74 Å². The molecule has 141 valence electrons. The highest BCUT2D eigenvalue weighted by atomic mass is 16.5. The maximum Gasteiger partial charge on any atom is 0.118 e. The molecule has 0 aromatic heterocycles. The predicted octanol–water partition coefficient (Wildman–Crippen LogP) is 3.89. The van der Waals surface area contributed by atoms with Crippen LogP contribution in [0.25, 0.3) is 0 Å². The van der Waals surface area contributed by atoms with Crippen molar-refractivity contribution in [3.8, 4) is 11.8 Å². The molecule has 1 fully saturated rings. The molecule has 0 N–H and O–H groups in total. The van der Waals surface area contributed by atoms with Gasteiger partial charge in [-0.15, -0.1) is 0 Å². The van der Waals surface area contributed by atoms with Gasteiger partial charge in [-0.25, -0.2) is 0 Å². The number of ether oxygens (including phenoxy) is 1. The molecular weight excluding hydrogens is 334 g/mol. The summed E-state index contributed by atoms with van der Waals surface area (Å²) in [6.07, 6.45) is 0.816. The van der Waals surface area contributed by atoms with Crippen LogP contribution in [0.15, 0.2) is 42.5 Å². The minimum Gasteiger partial charge on any atom is -0.497 e. The third kappa shape index (κ3) is 5.02. The van der Waals surface area contributed by atoms with Crippen LogP contribution in [0.5, 0.6) is 5.75 Å². The first kappa shape index (κ1) is 19.3. The van der Waals surface area contributed by atoms with Crippen LogP contribution in [0.4, 0.5) is 5.69 Å². The normalized spacial score (nSPS) is 15.0. The molecule has 3 rings (SSSR count). The quantitative estimate of drug-likeness (QED) is 0.781. The van der Waals surface area contributed by atoms with Gasteiger partial charge in [-0.05, 0) is 53.8 Å². The van der Waals surface area contributed by atoms with Gasteiger partial charge in [0, 0.05) is 38.4 Å². The van der Waals surface area contributed by atoms with Crippen molar-refractivity contribution in [1.82, 2.24) is 4.90 Å². The number of anilines is 1. The fourth-order valence-electron chi connectivity index (χ4n) is 3.66. The Morgan fingerprint density at radius 2 is 1.74 bits per heavy atom. The molecule has 0 aliphatic carbocycles. The molecule has 27 heavy (non-hydrogen) atoms. The highest BCUT2D eigenvalue weighted by molar-refractivity contribution is 5.58. The summed E-state index contributed by atoms with van der Waals surface area (Å²) in [5.74, 6) is 2.32. The summed E-state index contributed by atoms with van der Waals surface area (Å²) >= 11 is 0. The van der Waals surface area contributed by atoms with E-state index in [1.54, 1.807) is 7.11 Å². The smallest absolute Gasteiger partial charge is 0.118 e. The summed E-state index contributed by atoms with van der Waals surface area (Å²) in [5.41, 5.74) is 4.41. The first-order valence-corrected chi connectivity index (χ1v) is 9.51. The summed E-state index contributed by atoms with van der Waals surface area (Å²) in [6.45, 7) is 9.67. The monoisotopic (exact) mass is 362 g/mol. The second kappa shape index (κ2) is 8.92. The van der Waals surface area contributed by atoms with E-state index in [2.05, 4.69) is 47.9 Å². The number of nitrogens with zero attached hydrogens (tertiary/aromatic N) is 3. The number of piperazine rings is 1. The largest absolute Gasteiger partial charge is 0.497 e. The molecule has 1 radical (unpaired) electrons. The molecule has 2 aromatic rings. The van der Waals surface area contributed by atoms with E-state index in [0.29, 0.717) is 0 Å². The number of rotatable bonds is 6. The van der Waals surface area contributed by atoms with Gasteiger partial charge in [-0.2, -0.15) is 5.26 Å². The van der Waals surface area contributed by atoms with Crippen LogP contribution in [0, 0.1) is 17.2 Å². The van der Waals surface area contributed by atoms with Crippen LogP contribution in [-0.2, 0) is 6.42 Å². The molecule has 4 heteroatoms. The van der Waals surface area contributed by atoms with Crippen molar-refractivity contribution in [2.75, 3.05) is 44.7 Å². The predicted molar refractivity (Wildman–Crippen MR) is 110 cm³/mol. The molecule has 1 heterocycles. The Morgan fingerprint density at radius 1 is 1.04 bits per heavy atom. The van der Waals surface area contributed by atoms with Gasteiger partial charge in [-0.3, -0.25) is 4.90 Å². The van der Waals surface area contributed by atoms with Crippen LogP contribution < -0.4 is 9.64 Å². The van der Waals surface area contributed by atoms with Crippen molar-refractivity contribution in [1.29, 1.82) is 5.26 Å².